The Balaban J connectivity index is 1.69. The minimum absolute atomic E-state index is 0.0637. The number of aldehydes is 1. The lowest BCUT2D eigenvalue weighted by molar-refractivity contribution is -0.0120. The summed E-state index contributed by atoms with van der Waals surface area (Å²) in [6.07, 6.45) is 3.90. The SMILES string of the molecule is O=Cc1c(OCc2ccccc2)cc(OCC2CCCCO2)nc1Cl. The summed E-state index contributed by atoms with van der Waals surface area (Å²) in [5.74, 6) is 0.686. The molecule has 0 radical (unpaired) electrons. The van der Waals surface area contributed by atoms with Gasteiger partial charge in [0.25, 0.3) is 0 Å². The normalized spacial score (nSPS) is 17.1. The van der Waals surface area contributed by atoms with Gasteiger partial charge in [-0.15, -0.1) is 0 Å². The summed E-state index contributed by atoms with van der Waals surface area (Å²) in [5.41, 5.74) is 1.21. The van der Waals surface area contributed by atoms with Gasteiger partial charge in [0.05, 0.1) is 11.7 Å². The Morgan fingerprint density at radius 2 is 2.08 bits per heavy atom. The van der Waals surface area contributed by atoms with Crippen molar-refractivity contribution >= 4 is 17.9 Å². The molecule has 5 nitrogen and oxygen atoms in total. The Bertz CT molecular complexity index is 702. The van der Waals surface area contributed by atoms with Crippen molar-refractivity contribution in [3.05, 3.63) is 52.7 Å². The first-order valence-electron chi connectivity index (χ1n) is 8.33. The zero-order chi connectivity index (χ0) is 17.5. The number of ether oxygens (including phenoxy) is 3. The molecule has 25 heavy (non-hydrogen) atoms. The Labute approximate surface area is 151 Å². The fourth-order valence-corrected chi connectivity index (χ4v) is 2.85. The van der Waals surface area contributed by atoms with E-state index in [-0.39, 0.29) is 16.8 Å². The quantitative estimate of drug-likeness (QED) is 0.549. The fourth-order valence-electron chi connectivity index (χ4n) is 2.63. The maximum atomic E-state index is 11.3. The highest BCUT2D eigenvalue weighted by molar-refractivity contribution is 6.32. The van der Waals surface area contributed by atoms with Crippen molar-refractivity contribution in [2.45, 2.75) is 32.0 Å². The number of nitrogens with zero attached hydrogens (tertiary/aromatic N) is 1. The molecule has 0 aliphatic carbocycles. The van der Waals surface area contributed by atoms with Crippen molar-refractivity contribution < 1.29 is 19.0 Å². The third kappa shape index (κ3) is 4.94. The van der Waals surface area contributed by atoms with Crippen molar-refractivity contribution in [1.82, 2.24) is 4.98 Å². The van der Waals surface area contributed by atoms with Gasteiger partial charge in [0.2, 0.25) is 5.88 Å². The fraction of sp³-hybridized carbons (Fsp3) is 0.368. The first-order chi connectivity index (χ1) is 12.3. The van der Waals surface area contributed by atoms with Gasteiger partial charge in [-0.25, -0.2) is 4.98 Å². The van der Waals surface area contributed by atoms with E-state index in [0.29, 0.717) is 31.1 Å². The molecule has 0 saturated carbocycles. The average molecular weight is 362 g/mol. The van der Waals surface area contributed by atoms with E-state index in [9.17, 15) is 4.79 Å². The maximum Gasteiger partial charge on any atom is 0.218 e. The number of carbonyl (C=O) groups excluding carboxylic acids is 1. The van der Waals surface area contributed by atoms with Crippen molar-refractivity contribution in [3.63, 3.8) is 0 Å². The molecular weight excluding hydrogens is 342 g/mol. The third-order valence-corrected chi connectivity index (χ3v) is 4.28. The minimum Gasteiger partial charge on any atom is -0.488 e. The van der Waals surface area contributed by atoms with Crippen LogP contribution < -0.4 is 9.47 Å². The molecule has 2 heterocycles. The Morgan fingerprint density at radius 1 is 1.24 bits per heavy atom. The van der Waals surface area contributed by atoms with Gasteiger partial charge in [0, 0.05) is 12.7 Å². The molecule has 1 fully saturated rings. The number of benzene rings is 1. The van der Waals surface area contributed by atoms with Gasteiger partial charge >= 0.3 is 0 Å². The molecule has 1 aliphatic heterocycles. The monoisotopic (exact) mass is 361 g/mol. The van der Waals surface area contributed by atoms with Gasteiger partial charge in [-0.2, -0.15) is 0 Å². The van der Waals surface area contributed by atoms with Gasteiger partial charge in [-0.05, 0) is 24.8 Å². The number of hydrogen-bond acceptors (Lipinski definition) is 5. The van der Waals surface area contributed by atoms with E-state index in [0.717, 1.165) is 31.4 Å². The van der Waals surface area contributed by atoms with Crippen LogP contribution in [-0.2, 0) is 11.3 Å². The van der Waals surface area contributed by atoms with E-state index in [1.807, 2.05) is 30.3 Å². The molecule has 1 saturated heterocycles. The summed E-state index contributed by atoms with van der Waals surface area (Å²) in [4.78, 5) is 15.4. The van der Waals surface area contributed by atoms with Gasteiger partial charge < -0.3 is 14.2 Å². The van der Waals surface area contributed by atoms with Crippen LogP contribution in [0.5, 0.6) is 11.6 Å². The molecule has 6 heteroatoms. The van der Waals surface area contributed by atoms with E-state index in [2.05, 4.69) is 4.98 Å². The smallest absolute Gasteiger partial charge is 0.218 e. The van der Waals surface area contributed by atoms with Crippen LogP contribution in [0.4, 0.5) is 0 Å². The number of aromatic nitrogens is 1. The lowest BCUT2D eigenvalue weighted by atomic mass is 10.1. The third-order valence-electron chi connectivity index (χ3n) is 4.00. The number of pyridine rings is 1. The van der Waals surface area contributed by atoms with Crippen LogP contribution in [0.15, 0.2) is 36.4 Å². The van der Waals surface area contributed by atoms with Crippen LogP contribution in [0.3, 0.4) is 0 Å². The highest BCUT2D eigenvalue weighted by Gasteiger charge is 2.17. The van der Waals surface area contributed by atoms with Crippen LogP contribution >= 0.6 is 11.6 Å². The van der Waals surface area contributed by atoms with E-state index in [4.69, 9.17) is 25.8 Å². The van der Waals surface area contributed by atoms with Crippen LogP contribution in [0.1, 0.15) is 35.2 Å². The zero-order valence-electron chi connectivity index (χ0n) is 13.8. The largest absolute Gasteiger partial charge is 0.488 e. The number of hydrogen-bond donors (Lipinski definition) is 0. The molecule has 2 aromatic rings. The molecule has 1 aromatic heterocycles. The molecule has 0 amide bonds. The summed E-state index contributed by atoms with van der Waals surface area (Å²) < 4.78 is 17.1. The molecule has 0 spiro atoms. The predicted octanol–water partition coefficient (Wildman–Crippen LogP) is 4.07. The zero-order valence-corrected chi connectivity index (χ0v) is 14.6. The van der Waals surface area contributed by atoms with Crippen LogP contribution in [-0.4, -0.2) is 30.6 Å². The van der Waals surface area contributed by atoms with Crippen molar-refractivity contribution in [3.8, 4) is 11.6 Å². The lowest BCUT2D eigenvalue weighted by Crippen LogP contribution is -2.26. The highest BCUT2D eigenvalue weighted by atomic mass is 35.5. The standard InChI is InChI=1S/C19H20ClNO4/c20-19-16(11-22)17(24-12-14-6-2-1-3-7-14)10-18(21-19)25-13-15-8-4-5-9-23-15/h1-3,6-7,10-11,15H,4-5,8-9,12-13H2. The lowest BCUT2D eigenvalue weighted by Gasteiger charge is -2.22. The van der Waals surface area contributed by atoms with Crippen LogP contribution in [0.2, 0.25) is 5.15 Å². The van der Waals surface area contributed by atoms with Gasteiger partial charge in [0.15, 0.2) is 6.29 Å². The second-order valence-electron chi connectivity index (χ2n) is 5.85. The Kier molecular flexibility index (Phi) is 6.25. The van der Waals surface area contributed by atoms with Crippen molar-refractivity contribution in [1.29, 1.82) is 0 Å². The minimum atomic E-state index is 0.0637. The second-order valence-corrected chi connectivity index (χ2v) is 6.21. The average Bonchev–Trinajstić information content (AvgIpc) is 2.66. The number of carbonyl (C=O) groups is 1. The van der Waals surface area contributed by atoms with E-state index < -0.39 is 0 Å². The molecule has 0 N–H and O–H groups in total. The first kappa shape index (κ1) is 17.7. The second kappa shape index (κ2) is 8.83. The Hall–Kier alpha value is -2.11. The van der Waals surface area contributed by atoms with E-state index in [1.54, 1.807) is 6.07 Å². The highest BCUT2D eigenvalue weighted by Crippen LogP contribution is 2.29. The molecule has 0 bridgehead atoms. The topological polar surface area (TPSA) is 57.7 Å². The summed E-state index contributed by atoms with van der Waals surface area (Å²) in [6.45, 7) is 1.49. The predicted molar refractivity (Wildman–Crippen MR) is 94.5 cm³/mol. The van der Waals surface area contributed by atoms with Gasteiger partial charge in [-0.1, -0.05) is 41.9 Å². The van der Waals surface area contributed by atoms with Gasteiger partial charge in [-0.3, -0.25) is 4.79 Å². The number of rotatable bonds is 7. The Morgan fingerprint density at radius 3 is 2.80 bits per heavy atom. The molecule has 1 atom stereocenters. The van der Waals surface area contributed by atoms with Crippen molar-refractivity contribution in [2.75, 3.05) is 13.2 Å². The van der Waals surface area contributed by atoms with E-state index in [1.165, 1.54) is 0 Å². The van der Waals surface area contributed by atoms with Crippen LogP contribution in [0, 0.1) is 0 Å². The summed E-state index contributed by atoms with van der Waals surface area (Å²) in [6, 6.07) is 11.3. The first-order valence-corrected chi connectivity index (χ1v) is 8.71. The van der Waals surface area contributed by atoms with Crippen LogP contribution in [0.25, 0.3) is 0 Å². The summed E-state index contributed by atoms with van der Waals surface area (Å²) in [5, 5.41) is 0.0696. The maximum absolute atomic E-state index is 11.3. The summed E-state index contributed by atoms with van der Waals surface area (Å²) >= 11 is 6.10. The number of halogens is 1. The molecule has 3 rings (SSSR count). The molecular formula is C19H20ClNO4. The molecule has 1 unspecified atom stereocenters. The molecule has 1 aliphatic rings. The molecule has 1 aromatic carbocycles. The molecule has 132 valence electrons. The van der Waals surface area contributed by atoms with E-state index >= 15 is 0 Å². The summed E-state index contributed by atoms with van der Waals surface area (Å²) in [7, 11) is 0. The van der Waals surface area contributed by atoms with Gasteiger partial charge in [0.1, 0.15) is 24.1 Å². The van der Waals surface area contributed by atoms with Crippen molar-refractivity contribution in [2.24, 2.45) is 0 Å².